The molecule has 60 valence electrons. The van der Waals surface area contributed by atoms with E-state index in [1.165, 1.54) is 0 Å². The monoisotopic (exact) mass is 154 g/mol. The molecule has 3 heteroatoms. The van der Waals surface area contributed by atoms with Crippen LogP contribution in [0.4, 0.5) is 0 Å². The summed E-state index contributed by atoms with van der Waals surface area (Å²) in [6.07, 6.45) is 3.40. The lowest BCUT2D eigenvalue weighted by Gasteiger charge is -2.19. The molecule has 3 atom stereocenters. The second-order valence-electron chi connectivity index (χ2n) is 3.74. The molecule has 0 aromatic rings. The van der Waals surface area contributed by atoms with Crippen molar-refractivity contribution in [1.29, 1.82) is 0 Å². The van der Waals surface area contributed by atoms with Crippen molar-refractivity contribution in [3.63, 3.8) is 0 Å². The molecule has 0 aliphatic carbocycles. The molecule has 3 heterocycles. The summed E-state index contributed by atoms with van der Waals surface area (Å²) < 4.78 is 10.7. The highest BCUT2D eigenvalue weighted by Gasteiger charge is 2.61. The molecule has 3 unspecified atom stereocenters. The maximum absolute atomic E-state index is 11.1. The average molecular weight is 154 g/mol. The van der Waals surface area contributed by atoms with Crippen LogP contribution < -0.4 is 0 Å². The highest BCUT2D eigenvalue weighted by molar-refractivity contribution is 5.77. The molecule has 3 nitrogen and oxygen atoms in total. The summed E-state index contributed by atoms with van der Waals surface area (Å²) in [4.78, 5) is 11.1. The summed E-state index contributed by atoms with van der Waals surface area (Å²) in [5.41, 5.74) is -0.179. The molecular formula is C8H10O3. The van der Waals surface area contributed by atoms with E-state index < -0.39 is 0 Å². The Bertz CT molecular complexity index is 225. The summed E-state index contributed by atoms with van der Waals surface area (Å²) in [6.45, 7) is 0.507. The first-order valence-electron chi connectivity index (χ1n) is 4.15. The van der Waals surface area contributed by atoms with Crippen molar-refractivity contribution < 1.29 is 14.3 Å². The molecule has 1 spiro atoms. The minimum Gasteiger partial charge on any atom is -0.462 e. The number of carbonyl (C=O) groups is 1. The van der Waals surface area contributed by atoms with Gasteiger partial charge in [0.15, 0.2) is 0 Å². The van der Waals surface area contributed by atoms with Crippen LogP contribution in [0.3, 0.4) is 0 Å². The quantitative estimate of drug-likeness (QED) is 0.476. The largest absolute Gasteiger partial charge is 0.462 e. The van der Waals surface area contributed by atoms with Crippen molar-refractivity contribution in [2.24, 2.45) is 5.92 Å². The fourth-order valence-corrected chi connectivity index (χ4v) is 2.57. The maximum Gasteiger partial charge on any atom is 0.312 e. The van der Waals surface area contributed by atoms with Crippen LogP contribution in [0.2, 0.25) is 0 Å². The SMILES string of the molecule is O=C1OCC23CCC(CC12)O3. The van der Waals surface area contributed by atoms with Crippen LogP contribution in [0.25, 0.3) is 0 Å². The first-order chi connectivity index (χ1) is 5.30. The van der Waals surface area contributed by atoms with Gasteiger partial charge in [0.1, 0.15) is 12.2 Å². The first-order valence-corrected chi connectivity index (χ1v) is 4.15. The smallest absolute Gasteiger partial charge is 0.312 e. The molecule has 2 bridgehead atoms. The Balaban J connectivity index is 2.02. The topological polar surface area (TPSA) is 35.5 Å². The summed E-state index contributed by atoms with van der Waals surface area (Å²) in [6, 6.07) is 0. The van der Waals surface area contributed by atoms with Gasteiger partial charge in [0, 0.05) is 0 Å². The number of rotatable bonds is 0. The average Bonchev–Trinajstić information content (AvgIpc) is 2.62. The Morgan fingerprint density at radius 3 is 3.18 bits per heavy atom. The van der Waals surface area contributed by atoms with E-state index in [1.54, 1.807) is 0 Å². The molecule has 0 saturated carbocycles. The molecule has 3 saturated heterocycles. The summed E-state index contributed by atoms with van der Waals surface area (Å²) in [7, 11) is 0. The van der Waals surface area contributed by atoms with Crippen LogP contribution in [0, 0.1) is 5.92 Å². The third-order valence-electron chi connectivity index (χ3n) is 3.17. The molecule has 3 rings (SSSR count). The van der Waals surface area contributed by atoms with Crippen LogP contribution in [-0.2, 0) is 14.3 Å². The van der Waals surface area contributed by atoms with Gasteiger partial charge in [-0.05, 0) is 19.3 Å². The molecule has 0 N–H and O–H groups in total. The lowest BCUT2D eigenvalue weighted by molar-refractivity contribution is -0.141. The van der Waals surface area contributed by atoms with Crippen molar-refractivity contribution in [2.45, 2.75) is 31.0 Å². The Morgan fingerprint density at radius 1 is 1.55 bits per heavy atom. The van der Waals surface area contributed by atoms with E-state index in [9.17, 15) is 4.79 Å². The van der Waals surface area contributed by atoms with Crippen LogP contribution in [0.15, 0.2) is 0 Å². The van der Waals surface area contributed by atoms with E-state index in [0.717, 1.165) is 19.3 Å². The van der Waals surface area contributed by atoms with E-state index >= 15 is 0 Å². The molecule has 0 radical (unpaired) electrons. The van der Waals surface area contributed by atoms with E-state index in [4.69, 9.17) is 9.47 Å². The van der Waals surface area contributed by atoms with Crippen molar-refractivity contribution in [3.05, 3.63) is 0 Å². The third-order valence-corrected chi connectivity index (χ3v) is 3.17. The summed E-state index contributed by atoms with van der Waals surface area (Å²) in [5.74, 6) is 0.0356. The number of fused-ring (bicyclic) bond motifs is 1. The van der Waals surface area contributed by atoms with Gasteiger partial charge in [-0.1, -0.05) is 0 Å². The predicted molar refractivity (Wildman–Crippen MR) is 35.9 cm³/mol. The number of ether oxygens (including phenoxy) is 2. The van der Waals surface area contributed by atoms with E-state index in [0.29, 0.717) is 12.7 Å². The van der Waals surface area contributed by atoms with Crippen molar-refractivity contribution in [2.75, 3.05) is 6.61 Å². The molecular weight excluding hydrogens is 144 g/mol. The Morgan fingerprint density at radius 2 is 2.45 bits per heavy atom. The maximum atomic E-state index is 11.1. The Labute approximate surface area is 64.7 Å². The Kier molecular flexibility index (Phi) is 0.876. The number of esters is 1. The van der Waals surface area contributed by atoms with Gasteiger partial charge in [0.05, 0.1) is 12.0 Å². The van der Waals surface area contributed by atoms with Gasteiger partial charge < -0.3 is 9.47 Å². The number of carbonyl (C=O) groups excluding carboxylic acids is 1. The summed E-state index contributed by atoms with van der Waals surface area (Å²) in [5, 5.41) is 0. The van der Waals surface area contributed by atoms with Gasteiger partial charge in [-0.15, -0.1) is 0 Å². The van der Waals surface area contributed by atoms with E-state index in [-0.39, 0.29) is 17.5 Å². The number of hydrogen-bond acceptors (Lipinski definition) is 3. The molecule has 3 aliphatic heterocycles. The second kappa shape index (κ2) is 1.61. The van der Waals surface area contributed by atoms with Crippen molar-refractivity contribution in [1.82, 2.24) is 0 Å². The minimum absolute atomic E-state index is 0.0350. The minimum atomic E-state index is -0.179. The molecule has 3 aliphatic rings. The fourth-order valence-electron chi connectivity index (χ4n) is 2.57. The van der Waals surface area contributed by atoms with Gasteiger partial charge >= 0.3 is 5.97 Å². The van der Waals surface area contributed by atoms with E-state index in [1.807, 2.05) is 0 Å². The van der Waals surface area contributed by atoms with Gasteiger partial charge in [0.25, 0.3) is 0 Å². The fraction of sp³-hybridized carbons (Fsp3) is 0.875. The van der Waals surface area contributed by atoms with Gasteiger partial charge in [0.2, 0.25) is 0 Å². The predicted octanol–water partition coefficient (Wildman–Crippen LogP) is 0.481. The van der Waals surface area contributed by atoms with Gasteiger partial charge in [-0.2, -0.15) is 0 Å². The molecule has 3 fully saturated rings. The zero-order valence-corrected chi connectivity index (χ0v) is 6.21. The highest BCUT2D eigenvalue weighted by atomic mass is 16.6. The van der Waals surface area contributed by atoms with Crippen molar-refractivity contribution >= 4 is 5.97 Å². The Hall–Kier alpha value is -0.570. The van der Waals surface area contributed by atoms with E-state index in [2.05, 4.69) is 0 Å². The lowest BCUT2D eigenvalue weighted by Crippen LogP contribution is -2.33. The summed E-state index contributed by atoms with van der Waals surface area (Å²) >= 11 is 0. The molecule has 0 aromatic heterocycles. The van der Waals surface area contributed by atoms with Gasteiger partial charge in [-0.25, -0.2) is 0 Å². The molecule has 11 heavy (non-hydrogen) atoms. The second-order valence-corrected chi connectivity index (χ2v) is 3.74. The zero-order valence-electron chi connectivity index (χ0n) is 6.21. The van der Waals surface area contributed by atoms with Crippen LogP contribution >= 0.6 is 0 Å². The molecule has 0 amide bonds. The van der Waals surface area contributed by atoms with Crippen LogP contribution in [-0.4, -0.2) is 24.3 Å². The zero-order chi connectivity index (χ0) is 7.47. The number of hydrogen-bond donors (Lipinski definition) is 0. The van der Waals surface area contributed by atoms with Crippen LogP contribution in [0.1, 0.15) is 19.3 Å². The highest BCUT2D eigenvalue weighted by Crippen LogP contribution is 2.51. The molecule has 0 aromatic carbocycles. The normalized spacial score (nSPS) is 52.9. The van der Waals surface area contributed by atoms with Gasteiger partial charge in [-0.3, -0.25) is 4.79 Å². The van der Waals surface area contributed by atoms with Crippen LogP contribution in [0.5, 0.6) is 0 Å². The third kappa shape index (κ3) is 0.562. The standard InChI is InChI=1S/C8H10O3/c9-7-6-3-5-1-2-8(6,11-5)4-10-7/h5-6H,1-4H2. The van der Waals surface area contributed by atoms with Crippen molar-refractivity contribution in [3.8, 4) is 0 Å². The number of cyclic esters (lactones) is 1. The first kappa shape index (κ1) is 6.00. The lowest BCUT2D eigenvalue weighted by atomic mass is 9.81.